The number of rotatable bonds is 10. The van der Waals surface area contributed by atoms with E-state index < -0.39 is 0 Å². The summed E-state index contributed by atoms with van der Waals surface area (Å²) in [6.45, 7) is 2.85. The average Bonchev–Trinajstić information content (AvgIpc) is 3.55. The zero-order valence-corrected chi connectivity index (χ0v) is 24.4. The summed E-state index contributed by atoms with van der Waals surface area (Å²) in [6.07, 6.45) is 9.78. The smallest absolute Gasteiger partial charge is 0.124 e. The van der Waals surface area contributed by atoms with E-state index in [-0.39, 0.29) is 6.04 Å². The molecule has 3 N–H and O–H groups in total. The van der Waals surface area contributed by atoms with Crippen LogP contribution in [0.15, 0.2) is 78.9 Å². The lowest BCUT2D eigenvalue weighted by molar-refractivity contribution is 0.0278. The SMILES string of the molecule is COc1ccc(OC2CCCC2)c(CNC2CCCN(N[C@H]3CCCN[C@H]3c3ccccc3)C2c2ccccc2)c1. The van der Waals surface area contributed by atoms with E-state index in [1.807, 2.05) is 6.07 Å². The van der Waals surface area contributed by atoms with Crippen LogP contribution in [-0.2, 0) is 6.54 Å². The molecule has 0 radical (unpaired) electrons. The van der Waals surface area contributed by atoms with Gasteiger partial charge in [-0.1, -0.05) is 60.7 Å². The highest BCUT2D eigenvalue weighted by atomic mass is 16.5. The molecule has 3 aromatic rings. The first-order chi connectivity index (χ1) is 20.3. The molecule has 0 amide bonds. The van der Waals surface area contributed by atoms with E-state index in [0.29, 0.717) is 24.2 Å². The highest BCUT2D eigenvalue weighted by Gasteiger charge is 2.36. The number of piperidine rings is 2. The number of nitrogens with one attached hydrogen (secondary N) is 3. The summed E-state index contributed by atoms with van der Waals surface area (Å²) in [4.78, 5) is 0. The topological polar surface area (TPSA) is 57.8 Å². The maximum Gasteiger partial charge on any atom is 0.124 e. The van der Waals surface area contributed by atoms with Gasteiger partial charge in [-0.3, -0.25) is 0 Å². The van der Waals surface area contributed by atoms with Crippen LogP contribution in [0, 0.1) is 0 Å². The molecule has 3 fully saturated rings. The molecule has 218 valence electrons. The van der Waals surface area contributed by atoms with Crippen molar-refractivity contribution < 1.29 is 9.47 Å². The number of nitrogens with zero attached hydrogens (tertiary/aromatic N) is 1. The second-order valence-corrected chi connectivity index (χ2v) is 11.9. The monoisotopic (exact) mass is 554 g/mol. The third kappa shape index (κ3) is 6.95. The molecule has 0 bridgehead atoms. The quantitative estimate of drug-likeness (QED) is 0.273. The maximum absolute atomic E-state index is 6.51. The van der Waals surface area contributed by atoms with Gasteiger partial charge in [0.05, 0.1) is 19.3 Å². The van der Waals surface area contributed by atoms with Gasteiger partial charge in [0.2, 0.25) is 0 Å². The molecule has 2 saturated heterocycles. The van der Waals surface area contributed by atoms with Gasteiger partial charge >= 0.3 is 0 Å². The lowest BCUT2D eigenvalue weighted by atomic mass is 9.90. The number of hydrazine groups is 1. The van der Waals surface area contributed by atoms with Crippen LogP contribution >= 0.6 is 0 Å². The number of benzene rings is 3. The van der Waals surface area contributed by atoms with Crippen LogP contribution in [0.4, 0.5) is 0 Å². The Morgan fingerprint density at radius 2 is 1.54 bits per heavy atom. The molecule has 6 heteroatoms. The summed E-state index contributed by atoms with van der Waals surface area (Å²) in [7, 11) is 1.74. The lowest BCUT2D eigenvalue weighted by Gasteiger charge is -2.46. The molecule has 1 saturated carbocycles. The Labute approximate surface area is 245 Å². The number of hydrogen-bond donors (Lipinski definition) is 3. The minimum Gasteiger partial charge on any atom is -0.497 e. The van der Waals surface area contributed by atoms with E-state index in [0.717, 1.165) is 63.2 Å². The van der Waals surface area contributed by atoms with Crippen molar-refractivity contribution in [3.8, 4) is 11.5 Å². The number of hydrogen-bond acceptors (Lipinski definition) is 6. The van der Waals surface area contributed by atoms with Crippen LogP contribution in [0.5, 0.6) is 11.5 Å². The van der Waals surface area contributed by atoms with E-state index in [9.17, 15) is 0 Å². The molecule has 6 rings (SSSR count). The zero-order chi connectivity index (χ0) is 27.9. The van der Waals surface area contributed by atoms with Gasteiger partial charge in [-0.25, -0.2) is 10.4 Å². The third-order valence-corrected chi connectivity index (χ3v) is 9.14. The van der Waals surface area contributed by atoms with Gasteiger partial charge in [0.25, 0.3) is 0 Å². The Kier molecular flexibility index (Phi) is 9.53. The van der Waals surface area contributed by atoms with Crippen LogP contribution in [-0.4, -0.2) is 43.4 Å². The standard InChI is InChI=1S/C35H46N4O2/c1-40-30-20-21-33(41-29-16-8-9-17-29)28(24-30)25-37-32-19-11-23-39(35(32)27-14-6-3-7-15-27)38-31-18-10-22-36-34(31)26-12-4-2-5-13-26/h2-7,12-15,20-21,24,29,31-32,34-38H,8-11,16-19,22-23,25H2,1H3/t31-,32?,34-,35?/m0/s1. The minimum atomic E-state index is 0.230. The van der Waals surface area contributed by atoms with Crippen molar-refractivity contribution in [2.45, 2.75) is 88.2 Å². The van der Waals surface area contributed by atoms with Crippen LogP contribution in [0.1, 0.15) is 80.1 Å². The van der Waals surface area contributed by atoms with Crippen LogP contribution < -0.4 is 25.5 Å². The molecule has 3 aromatic carbocycles. The normalized spacial score (nSPS) is 25.7. The summed E-state index contributed by atoms with van der Waals surface area (Å²) in [6, 6.07) is 29.4. The largest absolute Gasteiger partial charge is 0.497 e. The Bertz CT molecular complexity index is 1220. The van der Waals surface area contributed by atoms with Crippen LogP contribution in [0.2, 0.25) is 0 Å². The van der Waals surface area contributed by atoms with Gasteiger partial charge in [0, 0.05) is 36.8 Å². The first-order valence-corrected chi connectivity index (χ1v) is 15.7. The summed E-state index contributed by atoms with van der Waals surface area (Å²) < 4.78 is 12.1. The van der Waals surface area contributed by atoms with E-state index in [1.54, 1.807) is 7.11 Å². The average molecular weight is 555 g/mol. The van der Waals surface area contributed by atoms with Crippen molar-refractivity contribution in [1.29, 1.82) is 0 Å². The molecule has 2 aliphatic heterocycles. The second-order valence-electron chi connectivity index (χ2n) is 11.9. The molecule has 3 aliphatic rings. The highest BCUT2D eigenvalue weighted by Crippen LogP contribution is 2.34. The van der Waals surface area contributed by atoms with Crippen molar-refractivity contribution in [1.82, 2.24) is 21.1 Å². The van der Waals surface area contributed by atoms with Crippen molar-refractivity contribution in [3.63, 3.8) is 0 Å². The molecule has 4 atom stereocenters. The summed E-state index contributed by atoms with van der Waals surface area (Å²) >= 11 is 0. The van der Waals surface area contributed by atoms with Gasteiger partial charge in [-0.05, 0) is 87.2 Å². The molecule has 1 aliphatic carbocycles. The summed E-state index contributed by atoms with van der Waals surface area (Å²) in [5, 5.41) is 10.3. The maximum atomic E-state index is 6.51. The van der Waals surface area contributed by atoms with Gasteiger partial charge in [0.15, 0.2) is 0 Å². The Morgan fingerprint density at radius 3 is 2.29 bits per heavy atom. The Balaban J connectivity index is 1.22. The molecule has 0 spiro atoms. The van der Waals surface area contributed by atoms with E-state index >= 15 is 0 Å². The Morgan fingerprint density at radius 1 is 0.805 bits per heavy atom. The number of methoxy groups -OCH3 is 1. The fourth-order valence-electron chi connectivity index (χ4n) is 7.03. The zero-order valence-electron chi connectivity index (χ0n) is 24.4. The van der Waals surface area contributed by atoms with Crippen molar-refractivity contribution in [2.75, 3.05) is 20.2 Å². The predicted molar refractivity (Wildman–Crippen MR) is 165 cm³/mol. The van der Waals surface area contributed by atoms with Gasteiger partial charge < -0.3 is 20.1 Å². The molecule has 6 nitrogen and oxygen atoms in total. The van der Waals surface area contributed by atoms with Gasteiger partial charge in [-0.15, -0.1) is 0 Å². The predicted octanol–water partition coefficient (Wildman–Crippen LogP) is 6.31. The molecule has 0 aromatic heterocycles. The third-order valence-electron chi connectivity index (χ3n) is 9.14. The lowest BCUT2D eigenvalue weighted by Crippen LogP contribution is -2.58. The van der Waals surface area contributed by atoms with E-state index in [4.69, 9.17) is 9.47 Å². The first-order valence-electron chi connectivity index (χ1n) is 15.7. The van der Waals surface area contributed by atoms with Gasteiger partial charge in [0.1, 0.15) is 11.5 Å². The van der Waals surface area contributed by atoms with Crippen molar-refractivity contribution in [3.05, 3.63) is 95.6 Å². The van der Waals surface area contributed by atoms with Crippen molar-refractivity contribution in [2.24, 2.45) is 0 Å². The van der Waals surface area contributed by atoms with Crippen LogP contribution in [0.3, 0.4) is 0 Å². The second kappa shape index (κ2) is 13.8. The molecular formula is C35H46N4O2. The fraction of sp³-hybridized carbons (Fsp3) is 0.486. The van der Waals surface area contributed by atoms with Gasteiger partial charge in [-0.2, -0.15) is 0 Å². The summed E-state index contributed by atoms with van der Waals surface area (Å²) in [5.41, 5.74) is 7.94. The fourth-order valence-corrected chi connectivity index (χ4v) is 7.03. The number of ether oxygens (including phenoxy) is 2. The van der Waals surface area contributed by atoms with E-state index in [1.165, 1.54) is 36.0 Å². The molecular weight excluding hydrogens is 508 g/mol. The summed E-state index contributed by atoms with van der Waals surface area (Å²) in [5.74, 6) is 1.87. The molecule has 2 unspecified atom stereocenters. The van der Waals surface area contributed by atoms with Crippen molar-refractivity contribution >= 4 is 0 Å². The molecule has 2 heterocycles. The van der Waals surface area contributed by atoms with Crippen LogP contribution in [0.25, 0.3) is 0 Å². The minimum absolute atomic E-state index is 0.230. The highest BCUT2D eigenvalue weighted by molar-refractivity contribution is 5.40. The first kappa shape index (κ1) is 28.2. The van der Waals surface area contributed by atoms with E-state index in [2.05, 4.69) is 93.9 Å². The molecule has 41 heavy (non-hydrogen) atoms. The Hall–Kier alpha value is -2.90.